The van der Waals surface area contributed by atoms with Crippen LogP contribution < -0.4 is 5.73 Å². The normalized spacial score (nSPS) is 15.3. The number of anilines is 1. The van der Waals surface area contributed by atoms with Gasteiger partial charge in [-0.3, -0.25) is 0 Å². The van der Waals surface area contributed by atoms with Gasteiger partial charge in [0.1, 0.15) is 9.71 Å². The highest BCUT2D eigenvalue weighted by molar-refractivity contribution is 7.21. The van der Waals surface area contributed by atoms with E-state index in [1.54, 1.807) is 6.92 Å². The second-order valence-electron chi connectivity index (χ2n) is 5.00. The number of fused-ring (bicyclic) bond motifs is 2. The summed E-state index contributed by atoms with van der Waals surface area (Å²) in [5, 5.41) is 0.868. The molecule has 0 aliphatic carbocycles. The Morgan fingerprint density at radius 3 is 3.15 bits per heavy atom. The van der Waals surface area contributed by atoms with Crippen molar-refractivity contribution in [2.75, 3.05) is 25.9 Å². The summed E-state index contributed by atoms with van der Waals surface area (Å²) in [4.78, 5) is 20.1. The number of rotatable bonds is 2. The minimum atomic E-state index is -0.358. The monoisotopic (exact) mass is 291 g/mol. The van der Waals surface area contributed by atoms with E-state index in [0.717, 1.165) is 35.4 Å². The van der Waals surface area contributed by atoms with E-state index in [2.05, 4.69) is 23.0 Å². The van der Waals surface area contributed by atoms with Crippen molar-refractivity contribution >= 4 is 33.2 Å². The summed E-state index contributed by atoms with van der Waals surface area (Å²) >= 11 is 1.32. The van der Waals surface area contributed by atoms with Crippen LogP contribution in [0.4, 0.5) is 5.69 Å². The molecule has 0 saturated heterocycles. The number of esters is 1. The van der Waals surface area contributed by atoms with Gasteiger partial charge >= 0.3 is 5.97 Å². The van der Waals surface area contributed by atoms with Gasteiger partial charge in [-0.05, 0) is 25.6 Å². The highest BCUT2D eigenvalue weighted by Crippen LogP contribution is 2.35. The first-order chi connectivity index (χ1) is 9.60. The number of ether oxygens (including phenoxy) is 1. The molecule has 20 heavy (non-hydrogen) atoms. The summed E-state index contributed by atoms with van der Waals surface area (Å²) in [6.45, 7) is 4.02. The van der Waals surface area contributed by atoms with Crippen LogP contribution in [0.3, 0.4) is 0 Å². The van der Waals surface area contributed by atoms with Crippen LogP contribution in [0.1, 0.15) is 27.9 Å². The molecule has 0 bridgehead atoms. The number of carbonyl (C=O) groups excluding carboxylic acids is 1. The number of hydrogen-bond donors (Lipinski definition) is 1. The highest BCUT2D eigenvalue weighted by Gasteiger charge is 2.22. The molecule has 0 spiro atoms. The fourth-order valence-corrected chi connectivity index (χ4v) is 3.48. The molecule has 0 saturated carbocycles. The van der Waals surface area contributed by atoms with Crippen molar-refractivity contribution in [1.82, 2.24) is 9.88 Å². The second-order valence-corrected chi connectivity index (χ2v) is 6.00. The molecule has 0 aromatic carbocycles. The minimum absolute atomic E-state index is 0.348. The summed E-state index contributed by atoms with van der Waals surface area (Å²) < 4.78 is 5.04. The van der Waals surface area contributed by atoms with Gasteiger partial charge in [-0.1, -0.05) is 0 Å². The molecule has 3 heterocycles. The van der Waals surface area contributed by atoms with Crippen LogP contribution in [0.5, 0.6) is 0 Å². The zero-order valence-electron chi connectivity index (χ0n) is 11.6. The third-order valence-electron chi connectivity index (χ3n) is 3.52. The van der Waals surface area contributed by atoms with Gasteiger partial charge in [0.05, 0.1) is 12.3 Å². The molecule has 2 aromatic heterocycles. The van der Waals surface area contributed by atoms with E-state index in [4.69, 9.17) is 10.5 Å². The average molecular weight is 291 g/mol. The van der Waals surface area contributed by atoms with Gasteiger partial charge in [0.2, 0.25) is 0 Å². The van der Waals surface area contributed by atoms with Gasteiger partial charge in [0.15, 0.2) is 0 Å². The minimum Gasteiger partial charge on any atom is -0.462 e. The Hall–Kier alpha value is -1.66. The summed E-state index contributed by atoms with van der Waals surface area (Å²) in [7, 11) is 2.09. The first kappa shape index (κ1) is 13.3. The zero-order chi connectivity index (χ0) is 14.3. The molecular formula is C14H17N3O2S. The molecule has 0 unspecified atom stereocenters. The number of carbonyl (C=O) groups is 1. The highest BCUT2D eigenvalue weighted by atomic mass is 32.1. The van der Waals surface area contributed by atoms with Crippen LogP contribution in [0.25, 0.3) is 10.2 Å². The maximum Gasteiger partial charge on any atom is 0.350 e. The maximum absolute atomic E-state index is 11.9. The first-order valence-corrected chi connectivity index (χ1v) is 7.48. The number of nitrogen functional groups attached to an aromatic ring is 1. The molecule has 0 atom stereocenters. The largest absolute Gasteiger partial charge is 0.462 e. The van der Waals surface area contributed by atoms with Crippen LogP contribution in [-0.4, -0.2) is 36.1 Å². The lowest BCUT2D eigenvalue weighted by molar-refractivity contribution is 0.0533. The summed E-state index contributed by atoms with van der Waals surface area (Å²) in [5.41, 5.74) is 8.90. The number of thiophene rings is 1. The van der Waals surface area contributed by atoms with Crippen molar-refractivity contribution in [2.24, 2.45) is 0 Å². The van der Waals surface area contributed by atoms with Crippen LogP contribution in [-0.2, 0) is 17.7 Å². The fraction of sp³-hybridized carbons (Fsp3) is 0.429. The molecule has 3 rings (SSSR count). The fourth-order valence-electron chi connectivity index (χ4n) is 2.49. The molecule has 6 heteroatoms. The van der Waals surface area contributed by atoms with Gasteiger partial charge in [-0.25, -0.2) is 9.78 Å². The molecule has 1 aliphatic heterocycles. The predicted octanol–water partition coefficient (Wildman–Crippen LogP) is 2.04. The van der Waals surface area contributed by atoms with Crippen LogP contribution in [0.2, 0.25) is 0 Å². The number of pyridine rings is 1. The second kappa shape index (κ2) is 5.03. The molecule has 0 fully saturated rings. The lowest BCUT2D eigenvalue weighted by Crippen LogP contribution is -2.27. The topological polar surface area (TPSA) is 68.4 Å². The van der Waals surface area contributed by atoms with Crippen LogP contribution >= 0.6 is 11.3 Å². The van der Waals surface area contributed by atoms with Crippen LogP contribution in [0, 0.1) is 0 Å². The molecule has 2 aromatic rings. The van der Waals surface area contributed by atoms with Crippen molar-refractivity contribution in [3.05, 3.63) is 22.2 Å². The van der Waals surface area contributed by atoms with Gasteiger partial charge in [-0.2, -0.15) is 0 Å². The Balaban J connectivity index is 2.10. The van der Waals surface area contributed by atoms with E-state index in [1.807, 2.05) is 0 Å². The zero-order valence-corrected chi connectivity index (χ0v) is 12.4. The summed E-state index contributed by atoms with van der Waals surface area (Å²) in [6.07, 6.45) is 0.939. The molecular weight excluding hydrogens is 274 g/mol. The van der Waals surface area contributed by atoms with Crippen molar-refractivity contribution in [2.45, 2.75) is 19.9 Å². The number of likely N-dealkylation sites (N-methyl/N-ethyl adjacent to an activating group) is 1. The Morgan fingerprint density at radius 1 is 1.60 bits per heavy atom. The van der Waals surface area contributed by atoms with E-state index in [-0.39, 0.29) is 5.97 Å². The Labute approximate surface area is 121 Å². The molecule has 5 nitrogen and oxygen atoms in total. The number of aromatic nitrogens is 1. The van der Waals surface area contributed by atoms with Crippen molar-refractivity contribution in [1.29, 1.82) is 0 Å². The first-order valence-electron chi connectivity index (χ1n) is 6.66. The number of nitrogens with zero attached hydrogens (tertiary/aromatic N) is 2. The lowest BCUT2D eigenvalue weighted by Gasteiger charge is -2.23. The predicted molar refractivity (Wildman–Crippen MR) is 80.0 cm³/mol. The Kier molecular flexibility index (Phi) is 3.35. The smallest absolute Gasteiger partial charge is 0.350 e. The molecule has 1 aliphatic rings. The standard InChI is InChI=1S/C14H17N3O2S/c1-3-19-14(18)12-11(15)9-6-8-7-17(2)5-4-10(8)16-13(9)20-12/h6H,3-5,7,15H2,1-2H3. The molecule has 2 N–H and O–H groups in total. The third kappa shape index (κ3) is 2.14. The van der Waals surface area contributed by atoms with E-state index >= 15 is 0 Å². The molecule has 0 amide bonds. The molecule has 106 valence electrons. The Bertz CT molecular complexity index is 681. The van der Waals surface area contributed by atoms with E-state index < -0.39 is 0 Å². The van der Waals surface area contributed by atoms with Crippen molar-refractivity contribution in [3.8, 4) is 0 Å². The maximum atomic E-state index is 11.9. The third-order valence-corrected chi connectivity index (χ3v) is 4.62. The van der Waals surface area contributed by atoms with E-state index in [9.17, 15) is 4.79 Å². The lowest BCUT2D eigenvalue weighted by atomic mass is 10.0. The summed E-state index contributed by atoms with van der Waals surface area (Å²) in [5.74, 6) is -0.358. The van der Waals surface area contributed by atoms with Gasteiger partial charge < -0.3 is 15.4 Å². The SMILES string of the molecule is CCOC(=O)c1sc2nc3c(cc2c1N)CN(C)CC3. The number of nitrogens with two attached hydrogens (primary N) is 1. The van der Waals surface area contributed by atoms with Crippen molar-refractivity contribution < 1.29 is 9.53 Å². The average Bonchev–Trinajstić information content (AvgIpc) is 2.74. The van der Waals surface area contributed by atoms with Crippen molar-refractivity contribution in [3.63, 3.8) is 0 Å². The Morgan fingerprint density at radius 2 is 2.40 bits per heavy atom. The quantitative estimate of drug-likeness (QED) is 0.858. The summed E-state index contributed by atoms with van der Waals surface area (Å²) in [6, 6.07) is 2.07. The van der Waals surface area contributed by atoms with E-state index in [1.165, 1.54) is 16.9 Å². The molecule has 0 radical (unpaired) electrons. The van der Waals surface area contributed by atoms with Gasteiger partial charge in [-0.15, -0.1) is 11.3 Å². The van der Waals surface area contributed by atoms with Gasteiger partial charge in [0, 0.05) is 30.6 Å². The van der Waals surface area contributed by atoms with E-state index in [0.29, 0.717) is 17.2 Å². The van der Waals surface area contributed by atoms with Crippen LogP contribution in [0.15, 0.2) is 6.07 Å². The van der Waals surface area contributed by atoms with Gasteiger partial charge in [0.25, 0.3) is 0 Å². The number of hydrogen-bond acceptors (Lipinski definition) is 6.